The first-order chi connectivity index (χ1) is 8.56. The van der Waals surface area contributed by atoms with Crippen LogP contribution in [0.4, 0.5) is 13.2 Å². The van der Waals surface area contributed by atoms with Gasteiger partial charge in [0.1, 0.15) is 0 Å². The maximum atomic E-state index is 13.5. The minimum Gasteiger partial charge on any atom is -0.467 e. The van der Waals surface area contributed by atoms with Gasteiger partial charge in [-0.05, 0) is 6.42 Å². The van der Waals surface area contributed by atoms with Gasteiger partial charge in [0.2, 0.25) is 15.6 Å². The molecule has 2 rings (SSSR count). The molecule has 0 spiro atoms. The topological polar surface area (TPSA) is 63.7 Å². The number of halogens is 3. The number of rotatable bonds is 2. The summed E-state index contributed by atoms with van der Waals surface area (Å²) < 4.78 is 68.2. The largest absolute Gasteiger partial charge is 0.467 e. The molecule has 0 amide bonds. The lowest BCUT2D eigenvalue weighted by atomic mass is 9.85. The van der Waals surface area contributed by atoms with Crippen LogP contribution in [0.1, 0.15) is 6.42 Å². The van der Waals surface area contributed by atoms with E-state index in [1.54, 1.807) is 0 Å². The first-order valence-electron chi connectivity index (χ1n) is 5.39. The molecule has 2 aliphatic rings. The van der Waals surface area contributed by atoms with Gasteiger partial charge in [0.25, 0.3) is 0 Å². The molecule has 0 radical (unpaired) electrons. The van der Waals surface area contributed by atoms with Crippen LogP contribution >= 0.6 is 0 Å². The van der Waals surface area contributed by atoms with E-state index in [1.165, 1.54) is 12.2 Å². The monoisotopic (exact) mass is 299 g/mol. The molecule has 0 saturated carbocycles. The summed E-state index contributed by atoms with van der Waals surface area (Å²) in [6.45, 7) is 0. The SMILES string of the molecule is COC(=O)[C@@]1(C(F)(F)F)[C@@H]2C=C[C@@H](C2)N1S(C)(=O)=O. The molecule has 0 aromatic heterocycles. The highest BCUT2D eigenvalue weighted by molar-refractivity contribution is 7.88. The molecule has 19 heavy (non-hydrogen) atoms. The van der Waals surface area contributed by atoms with Crippen molar-refractivity contribution in [1.82, 2.24) is 4.31 Å². The number of esters is 1. The first-order valence-corrected chi connectivity index (χ1v) is 7.24. The van der Waals surface area contributed by atoms with Crippen molar-refractivity contribution in [1.29, 1.82) is 0 Å². The lowest BCUT2D eigenvalue weighted by Gasteiger charge is -2.41. The summed E-state index contributed by atoms with van der Waals surface area (Å²) in [6.07, 6.45) is -1.85. The summed E-state index contributed by atoms with van der Waals surface area (Å²) in [5.74, 6) is -2.85. The summed E-state index contributed by atoms with van der Waals surface area (Å²) in [5.41, 5.74) is -3.14. The van der Waals surface area contributed by atoms with Gasteiger partial charge in [-0.25, -0.2) is 13.2 Å². The summed E-state index contributed by atoms with van der Waals surface area (Å²) in [4.78, 5) is 11.7. The highest BCUT2D eigenvalue weighted by atomic mass is 32.2. The zero-order valence-corrected chi connectivity index (χ0v) is 11.0. The van der Waals surface area contributed by atoms with Gasteiger partial charge < -0.3 is 4.74 Å². The molecular weight excluding hydrogens is 287 g/mol. The maximum Gasteiger partial charge on any atom is 0.419 e. The molecule has 5 nitrogen and oxygen atoms in total. The molecule has 1 aliphatic heterocycles. The second kappa shape index (κ2) is 3.95. The first kappa shape index (κ1) is 14.3. The molecule has 2 bridgehead atoms. The van der Waals surface area contributed by atoms with Crippen molar-refractivity contribution >= 4 is 16.0 Å². The van der Waals surface area contributed by atoms with Crippen LogP contribution in [0.15, 0.2) is 12.2 Å². The number of methoxy groups -OCH3 is 1. The second-order valence-electron chi connectivity index (χ2n) is 4.61. The fraction of sp³-hybridized carbons (Fsp3) is 0.700. The molecule has 1 fully saturated rings. The van der Waals surface area contributed by atoms with E-state index in [1.807, 2.05) is 0 Å². The molecule has 3 atom stereocenters. The Balaban J connectivity index is 2.71. The number of hydrogen-bond donors (Lipinski definition) is 0. The van der Waals surface area contributed by atoms with Crippen LogP contribution in [-0.4, -0.2) is 49.8 Å². The van der Waals surface area contributed by atoms with E-state index in [2.05, 4.69) is 4.74 Å². The van der Waals surface area contributed by atoms with Gasteiger partial charge in [-0.1, -0.05) is 12.2 Å². The summed E-state index contributed by atoms with van der Waals surface area (Å²) in [6, 6.07) is -0.958. The zero-order chi connectivity index (χ0) is 14.6. The molecule has 0 aromatic rings. The maximum absolute atomic E-state index is 13.5. The van der Waals surface area contributed by atoms with E-state index in [9.17, 15) is 26.4 Å². The van der Waals surface area contributed by atoms with Crippen molar-refractivity contribution in [3.8, 4) is 0 Å². The fourth-order valence-electron chi connectivity index (χ4n) is 2.94. The van der Waals surface area contributed by atoms with Crippen molar-refractivity contribution in [2.24, 2.45) is 5.92 Å². The van der Waals surface area contributed by atoms with Crippen molar-refractivity contribution in [3.05, 3.63) is 12.2 Å². The van der Waals surface area contributed by atoms with Gasteiger partial charge in [0.15, 0.2) is 0 Å². The van der Waals surface area contributed by atoms with Gasteiger partial charge in [-0.15, -0.1) is 0 Å². The van der Waals surface area contributed by atoms with Crippen LogP contribution < -0.4 is 0 Å². The Kier molecular flexibility index (Phi) is 2.98. The smallest absolute Gasteiger partial charge is 0.419 e. The minimum atomic E-state index is -5.05. The minimum absolute atomic E-state index is 0.0678. The Bertz CT molecular complexity index is 541. The van der Waals surface area contributed by atoms with E-state index in [0.29, 0.717) is 6.26 Å². The van der Waals surface area contributed by atoms with Crippen molar-refractivity contribution < 1.29 is 31.1 Å². The predicted octanol–water partition coefficient (Wildman–Crippen LogP) is 0.680. The third kappa shape index (κ3) is 1.71. The van der Waals surface area contributed by atoms with Crippen LogP contribution in [0, 0.1) is 5.92 Å². The molecule has 1 heterocycles. The molecular formula is C10H12F3NO4S. The molecule has 9 heteroatoms. The van der Waals surface area contributed by atoms with E-state index < -0.39 is 39.7 Å². The lowest BCUT2D eigenvalue weighted by Crippen LogP contribution is -2.67. The van der Waals surface area contributed by atoms with E-state index >= 15 is 0 Å². The third-order valence-corrected chi connectivity index (χ3v) is 4.81. The number of nitrogens with zero attached hydrogens (tertiary/aromatic N) is 1. The number of carbonyl (C=O) groups excluding carboxylic acids is 1. The van der Waals surface area contributed by atoms with E-state index in [4.69, 9.17) is 0 Å². The number of alkyl halides is 3. The number of sulfonamides is 1. The molecule has 0 aromatic carbocycles. The number of hydrogen-bond acceptors (Lipinski definition) is 4. The quantitative estimate of drug-likeness (QED) is 0.555. The van der Waals surface area contributed by atoms with Crippen molar-refractivity contribution in [3.63, 3.8) is 0 Å². The normalized spacial score (nSPS) is 34.8. The number of fused-ring (bicyclic) bond motifs is 2. The number of carbonyl (C=O) groups is 1. The second-order valence-corrected chi connectivity index (χ2v) is 6.47. The zero-order valence-electron chi connectivity index (χ0n) is 10.1. The van der Waals surface area contributed by atoms with Gasteiger partial charge >= 0.3 is 12.1 Å². The van der Waals surface area contributed by atoms with Crippen LogP contribution in [0.2, 0.25) is 0 Å². The number of ether oxygens (including phenoxy) is 1. The summed E-state index contributed by atoms with van der Waals surface area (Å²) in [5, 5.41) is 0. The lowest BCUT2D eigenvalue weighted by molar-refractivity contribution is -0.230. The van der Waals surface area contributed by atoms with Crippen LogP contribution in [0.25, 0.3) is 0 Å². The Morgan fingerprint density at radius 1 is 1.42 bits per heavy atom. The highest BCUT2D eigenvalue weighted by Gasteiger charge is 2.76. The summed E-state index contributed by atoms with van der Waals surface area (Å²) in [7, 11) is -3.41. The van der Waals surface area contributed by atoms with Gasteiger partial charge in [0.05, 0.1) is 13.4 Å². The fourth-order valence-corrected chi connectivity index (χ4v) is 4.43. The van der Waals surface area contributed by atoms with E-state index in [-0.39, 0.29) is 10.7 Å². The Morgan fingerprint density at radius 2 is 2.00 bits per heavy atom. The van der Waals surface area contributed by atoms with E-state index in [0.717, 1.165) is 7.11 Å². The molecule has 108 valence electrons. The van der Waals surface area contributed by atoms with Crippen molar-refractivity contribution in [2.45, 2.75) is 24.2 Å². The molecule has 0 unspecified atom stereocenters. The highest BCUT2D eigenvalue weighted by Crippen LogP contribution is 2.54. The predicted molar refractivity (Wildman–Crippen MR) is 58.5 cm³/mol. The van der Waals surface area contributed by atoms with Crippen LogP contribution in [0.5, 0.6) is 0 Å². The van der Waals surface area contributed by atoms with Gasteiger partial charge in [0, 0.05) is 12.0 Å². The Hall–Kier alpha value is -1.09. The third-order valence-electron chi connectivity index (χ3n) is 3.53. The van der Waals surface area contributed by atoms with Gasteiger partial charge in [-0.2, -0.15) is 17.5 Å². The molecule has 0 N–H and O–H groups in total. The van der Waals surface area contributed by atoms with Crippen LogP contribution in [-0.2, 0) is 19.6 Å². The molecule has 1 aliphatic carbocycles. The van der Waals surface area contributed by atoms with Gasteiger partial charge in [-0.3, -0.25) is 0 Å². The standard InChI is InChI=1S/C10H12F3NO4S/c1-18-8(15)9(10(11,12)13)6-3-4-7(5-6)14(9)19(2,16)17/h3-4,6-7H,5H2,1-2H3/t6-,7+,9-/m1/s1. The Labute approximate surface area is 108 Å². The van der Waals surface area contributed by atoms with Crippen LogP contribution in [0.3, 0.4) is 0 Å². The Morgan fingerprint density at radius 3 is 2.42 bits per heavy atom. The average Bonchev–Trinajstić information content (AvgIpc) is 2.83. The van der Waals surface area contributed by atoms with Crippen molar-refractivity contribution in [2.75, 3.05) is 13.4 Å². The summed E-state index contributed by atoms with van der Waals surface area (Å²) >= 11 is 0. The average molecular weight is 299 g/mol. The molecule has 1 saturated heterocycles.